The number of carboxylic acids is 1. The highest BCUT2D eigenvalue weighted by Gasteiger charge is 2.76. The van der Waals surface area contributed by atoms with Crippen LogP contribution < -0.4 is 5.11 Å². The molecule has 4 saturated carbocycles. The molecule has 0 N–H and O–H groups in total. The van der Waals surface area contributed by atoms with Crippen molar-refractivity contribution in [3.63, 3.8) is 0 Å². The topological polar surface area (TPSA) is 66.4 Å². The summed E-state index contributed by atoms with van der Waals surface area (Å²) in [4.78, 5) is 25.0. The van der Waals surface area contributed by atoms with Crippen molar-refractivity contribution in [3.05, 3.63) is 12.2 Å². The monoisotopic (exact) mass is 329 g/mol. The highest BCUT2D eigenvalue weighted by molar-refractivity contribution is 5.81. The number of ether oxygens (including phenoxy) is 1. The Balaban J connectivity index is 1.75. The van der Waals surface area contributed by atoms with Crippen LogP contribution in [-0.2, 0) is 14.3 Å². The lowest BCUT2D eigenvalue weighted by atomic mass is 9.51. The van der Waals surface area contributed by atoms with Crippen molar-refractivity contribution in [3.8, 4) is 0 Å². The van der Waals surface area contributed by atoms with E-state index in [9.17, 15) is 14.7 Å². The maximum absolute atomic E-state index is 12.7. The second kappa shape index (κ2) is 4.25. The quantitative estimate of drug-likeness (QED) is 0.546. The van der Waals surface area contributed by atoms with Crippen LogP contribution in [0, 0.1) is 39.9 Å². The molecule has 0 aromatic rings. The summed E-state index contributed by atoms with van der Waals surface area (Å²) >= 11 is 0. The molecule has 4 aliphatic carbocycles. The number of hydrogen-bond acceptors (Lipinski definition) is 4. The Morgan fingerprint density at radius 3 is 2.83 bits per heavy atom. The Hall–Kier alpha value is -1.32. The fourth-order valence-corrected chi connectivity index (χ4v) is 8.16. The summed E-state index contributed by atoms with van der Waals surface area (Å²) in [6.45, 7) is 6.64. The summed E-state index contributed by atoms with van der Waals surface area (Å²) in [5.41, 5.74) is 0.169. The molecule has 0 aromatic carbocycles. The van der Waals surface area contributed by atoms with Crippen molar-refractivity contribution in [2.24, 2.45) is 39.9 Å². The third-order valence-corrected chi connectivity index (χ3v) is 8.74. The van der Waals surface area contributed by atoms with Crippen LogP contribution in [-0.4, -0.2) is 18.5 Å². The van der Waals surface area contributed by atoms with Crippen LogP contribution in [0.4, 0.5) is 0 Å². The number of fused-ring (bicyclic) bond motifs is 1. The van der Waals surface area contributed by atoms with Crippen molar-refractivity contribution in [2.45, 2.75) is 51.9 Å². The van der Waals surface area contributed by atoms with Gasteiger partial charge >= 0.3 is 5.97 Å². The Labute approximate surface area is 142 Å². The number of hydrogen-bond donors (Lipinski definition) is 0. The van der Waals surface area contributed by atoms with Gasteiger partial charge in [-0.05, 0) is 68.6 Å². The molecule has 4 bridgehead atoms. The largest absolute Gasteiger partial charge is 0.550 e. The lowest BCUT2D eigenvalue weighted by Crippen LogP contribution is -2.59. The molecule has 0 radical (unpaired) electrons. The molecule has 4 heteroatoms. The van der Waals surface area contributed by atoms with Gasteiger partial charge in [0.25, 0.3) is 0 Å². The lowest BCUT2D eigenvalue weighted by Gasteiger charge is -2.56. The average molecular weight is 329 g/mol. The van der Waals surface area contributed by atoms with E-state index < -0.39 is 17.3 Å². The van der Waals surface area contributed by atoms with Crippen LogP contribution in [0.25, 0.3) is 0 Å². The number of esters is 1. The van der Waals surface area contributed by atoms with Gasteiger partial charge in [-0.25, -0.2) is 0 Å². The van der Waals surface area contributed by atoms with E-state index in [4.69, 9.17) is 4.74 Å². The van der Waals surface area contributed by atoms with Gasteiger partial charge in [0.05, 0.1) is 12.0 Å². The van der Waals surface area contributed by atoms with Crippen molar-refractivity contribution in [1.29, 1.82) is 0 Å². The lowest BCUT2D eigenvalue weighted by molar-refractivity contribution is -0.319. The molecule has 0 amide bonds. The van der Waals surface area contributed by atoms with Gasteiger partial charge < -0.3 is 14.6 Å². The van der Waals surface area contributed by atoms with Crippen LogP contribution in [0.3, 0.4) is 0 Å². The van der Waals surface area contributed by atoms with Crippen molar-refractivity contribution >= 4 is 11.9 Å². The minimum Gasteiger partial charge on any atom is -0.550 e. The van der Waals surface area contributed by atoms with Gasteiger partial charge in [-0.1, -0.05) is 18.6 Å². The van der Waals surface area contributed by atoms with Crippen LogP contribution in [0.1, 0.15) is 51.9 Å². The van der Waals surface area contributed by atoms with Crippen molar-refractivity contribution < 1.29 is 19.4 Å². The number of carbonyl (C=O) groups is 2. The smallest absolute Gasteiger partial charge is 0.312 e. The van der Waals surface area contributed by atoms with Gasteiger partial charge in [0.2, 0.25) is 0 Å². The summed E-state index contributed by atoms with van der Waals surface area (Å²) in [5, 5.41) is 12.4. The Morgan fingerprint density at radius 2 is 2.08 bits per heavy atom. The maximum atomic E-state index is 12.7. The van der Waals surface area contributed by atoms with Gasteiger partial charge in [-0.15, -0.1) is 0 Å². The number of carboxylic acid groups (broad SMARTS) is 1. The predicted molar refractivity (Wildman–Crippen MR) is 84.4 cm³/mol. The third kappa shape index (κ3) is 1.40. The number of carbonyl (C=O) groups excluding carboxylic acids is 2. The highest BCUT2D eigenvalue weighted by Crippen LogP contribution is 2.78. The zero-order valence-corrected chi connectivity index (χ0v) is 14.3. The summed E-state index contributed by atoms with van der Waals surface area (Å²) in [6, 6.07) is 0. The molecule has 5 fully saturated rings. The van der Waals surface area contributed by atoms with E-state index >= 15 is 0 Å². The molecule has 1 heterocycles. The Morgan fingerprint density at radius 1 is 1.29 bits per heavy atom. The molecule has 0 unspecified atom stereocenters. The molecular formula is C20H25O4-. The molecule has 130 valence electrons. The van der Waals surface area contributed by atoms with Gasteiger partial charge in [0.1, 0.15) is 0 Å². The first-order valence-corrected chi connectivity index (χ1v) is 9.41. The average Bonchev–Trinajstić information content (AvgIpc) is 2.93. The molecule has 5 aliphatic rings. The summed E-state index contributed by atoms with van der Waals surface area (Å²) in [5.74, 6) is -0.977. The molecule has 4 nitrogen and oxygen atoms in total. The van der Waals surface area contributed by atoms with Crippen LogP contribution in [0.5, 0.6) is 0 Å². The fraction of sp³-hybridized carbons (Fsp3) is 0.800. The number of aliphatic carboxylic acids is 1. The molecule has 1 aliphatic heterocycles. The summed E-state index contributed by atoms with van der Waals surface area (Å²) in [6.07, 6.45) is 6.64. The first kappa shape index (κ1) is 15.0. The van der Waals surface area contributed by atoms with E-state index in [1.807, 2.05) is 6.92 Å². The summed E-state index contributed by atoms with van der Waals surface area (Å²) < 4.78 is 5.68. The molecular weight excluding hydrogens is 304 g/mol. The minimum atomic E-state index is -0.940. The SMILES string of the molecule is C=C1C[C@]23C[C@H]1CC[C@H]2[C@@]12CCC[C@](C)(C(=O)OC1)[C@H]2[C@@H]3C(=O)[O-]. The van der Waals surface area contributed by atoms with E-state index in [-0.39, 0.29) is 22.7 Å². The molecule has 1 spiro atoms. The maximum Gasteiger partial charge on any atom is 0.312 e. The molecule has 5 rings (SSSR count). The van der Waals surface area contributed by atoms with Crippen molar-refractivity contribution in [2.75, 3.05) is 6.61 Å². The van der Waals surface area contributed by atoms with E-state index in [2.05, 4.69) is 6.58 Å². The van der Waals surface area contributed by atoms with E-state index in [1.54, 1.807) is 0 Å². The third-order valence-electron chi connectivity index (χ3n) is 8.74. The van der Waals surface area contributed by atoms with Crippen LogP contribution in [0.2, 0.25) is 0 Å². The second-order valence-corrected chi connectivity index (χ2v) is 9.45. The van der Waals surface area contributed by atoms with Gasteiger partial charge in [0, 0.05) is 17.3 Å². The summed E-state index contributed by atoms with van der Waals surface area (Å²) in [7, 11) is 0. The standard InChI is InChI=1S/C20H26O4/c1-11-8-20-9-12(11)4-5-13(20)19-7-3-6-18(2,17(23)24-10-19)15(19)14(20)16(21)22/h12-15H,1,3-10H2,2H3,(H,21,22)/p-1/t12-,13+,14-,15-,18+,19-,20+/m1/s1. The number of cyclic esters (lactones) is 1. The molecule has 7 atom stereocenters. The van der Waals surface area contributed by atoms with Gasteiger partial charge in [-0.3, -0.25) is 4.79 Å². The zero-order valence-electron chi connectivity index (χ0n) is 14.3. The highest BCUT2D eigenvalue weighted by atomic mass is 16.5. The Bertz CT molecular complexity index is 669. The van der Waals surface area contributed by atoms with Gasteiger partial charge in [0.15, 0.2) is 0 Å². The fourth-order valence-electron chi connectivity index (χ4n) is 8.16. The normalized spacial score (nSPS) is 54.9. The van der Waals surface area contributed by atoms with E-state index in [0.29, 0.717) is 18.4 Å². The molecule has 24 heavy (non-hydrogen) atoms. The zero-order chi connectivity index (χ0) is 16.9. The van der Waals surface area contributed by atoms with E-state index in [1.165, 1.54) is 5.57 Å². The van der Waals surface area contributed by atoms with Gasteiger partial charge in [-0.2, -0.15) is 0 Å². The Kier molecular flexibility index (Phi) is 2.66. The molecule has 1 saturated heterocycles. The first-order chi connectivity index (χ1) is 11.4. The number of rotatable bonds is 1. The van der Waals surface area contributed by atoms with Crippen LogP contribution in [0.15, 0.2) is 12.2 Å². The van der Waals surface area contributed by atoms with Crippen molar-refractivity contribution in [1.82, 2.24) is 0 Å². The minimum absolute atomic E-state index is 0.125. The van der Waals surface area contributed by atoms with Crippen LogP contribution >= 0.6 is 0 Å². The predicted octanol–water partition coefficient (Wildman–Crippen LogP) is 2.08. The molecule has 0 aromatic heterocycles. The second-order valence-electron chi connectivity index (χ2n) is 9.45. The van der Waals surface area contributed by atoms with E-state index in [0.717, 1.165) is 44.9 Å². The number of allylic oxidation sites excluding steroid dienone is 1. The first-order valence-electron chi connectivity index (χ1n) is 9.41.